The van der Waals surface area contributed by atoms with Gasteiger partial charge in [0.1, 0.15) is 0 Å². The Hall–Kier alpha value is -3.08. The number of amides is 1. The molecule has 0 unspecified atom stereocenters. The topological polar surface area (TPSA) is 59.9 Å². The Morgan fingerprint density at radius 1 is 1.13 bits per heavy atom. The molecule has 3 rings (SSSR count). The van der Waals surface area contributed by atoms with Gasteiger partial charge < -0.3 is 9.47 Å². The smallest absolute Gasteiger partial charge is 0.271 e. The van der Waals surface area contributed by atoms with E-state index in [4.69, 9.17) is 9.47 Å². The molecule has 2 aromatic rings. The summed E-state index contributed by atoms with van der Waals surface area (Å²) in [5.74, 6) is 1.25. The zero-order valence-corrected chi connectivity index (χ0v) is 12.7. The number of hydrogen-bond donors (Lipinski definition) is 1. The molecule has 0 radical (unpaired) electrons. The predicted octanol–water partition coefficient (Wildman–Crippen LogP) is 3.23. The zero-order valence-electron chi connectivity index (χ0n) is 12.7. The van der Waals surface area contributed by atoms with Crippen molar-refractivity contribution in [1.82, 2.24) is 5.43 Å². The van der Waals surface area contributed by atoms with Gasteiger partial charge in [0.15, 0.2) is 11.5 Å². The van der Waals surface area contributed by atoms with E-state index < -0.39 is 0 Å². The summed E-state index contributed by atoms with van der Waals surface area (Å²) in [4.78, 5) is 11.9. The molecular weight excluding hydrogens is 292 g/mol. The standard InChI is InChI=1S/C18H16N2O3/c1-13(19-20-18(21)15-5-3-2-4-6-15)7-8-14-9-10-16-17(11-14)23-12-22-16/h2-11H,12H2,1H3,(H,20,21). The average Bonchev–Trinajstić information content (AvgIpc) is 3.06. The van der Waals surface area contributed by atoms with Crippen LogP contribution >= 0.6 is 0 Å². The van der Waals surface area contributed by atoms with E-state index in [-0.39, 0.29) is 12.7 Å². The Morgan fingerprint density at radius 3 is 2.74 bits per heavy atom. The molecule has 1 heterocycles. The van der Waals surface area contributed by atoms with Gasteiger partial charge in [-0.15, -0.1) is 0 Å². The van der Waals surface area contributed by atoms with Gasteiger partial charge in [-0.25, -0.2) is 5.43 Å². The number of ether oxygens (including phenoxy) is 2. The molecule has 1 aliphatic heterocycles. The summed E-state index contributed by atoms with van der Waals surface area (Å²) in [6, 6.07) is 14.7. The van der Waals surface area contributed by atoms with Gasteiger partial charge in [0.05, 0.1) is 5.71 Å². The maximum absolute atomic E-state index is 11.9. The highest BCUT2D eigenvalue weighted by Crippen LogP contribution is 2.32. The Labute approximate surface area is 134 Å². The van der Waals surface area contributed by atoms with Crippen molar-refractivity contribution in [1.29, 1.82) is 0 Å². The third kappa shape index (κ3) is 3.77. The highest BCUT2D eigenvalue weighted by molar-refractivity contribution is 5.99. The molecule has 0 aromatic heterocycles. The number of hydrogen-bond acceptors (Lipinski definition) is 4. The Morgan fingerprint density at radius 2 is 1.91 bits per heavy atom. The first-order valence-corrected chi connectivity index (χ1v) is 7.20. The lowest BCUT2D eigenvalue weighted by Gasteiger charge is -2.00. The molecule has 23 heavy (non-hydrogen) atoms. The first-order chi connectivity index (χ1) is 11.2. The quantitative estimate of drug-likeness (QED) is 0.697. The van der Waals surface area contributed by atoms with Gasteiger partial charge in [-0.1, -0.05) is 30.3 Å². The fourth-order valence-corrected chi connectivity index (χ4v) is 2.06. The van der Waals surface area contributed by atoms with Crippen LogP contribution in [0.5, 0.6) is 11.5 Å². The lowest BCUT2D eigenvalue weighted by atomic mass is 10.2. The second-order valence-corrected chi connectivity index (χ2v) is 5.01. The molecule has 5 heteroatoms. The fourth-order valence-electron chi connectivity index (χ4n) is 2.06. The van der Waals surface area contributed by atoms with E-state index in [0.717, 1.165) is 17.1 Å². The summed E-state index contributed by atoms with van der Waals surface area (Å²) >= 11 is 0. The normalized spacial score (nSPS) is 13.3. The number of benzene rings is 2. The maximum atomic E-state index is 11.9. The second kappa shape index (κ2) is 6.79. The van der Waals surface area contributed by atoms with Crippen molar-refractivity contribution in [3.8, 4) is 11.5 Å². The van der Waals surface area contributed by atoms with Crippen LogP contribution in [0.15, 0.2) is 59.7 Å². The van der Waals surface area contributed by atoms with Crippen molar-refractivity contribution in [3.63, 3.8) is 0 Å². The number of fused-ring (bicyclic) bond motifs is 1. The van der Waals surface area contributed by atoms with Crippen molar-refractivity contribution >= 4 is 17.7 Å². The van der Waals surface area contributed by atoms with Crippen molar-refractivity contribution in [2.75, 3.05) is 6.79 Å². The minimum Gasteiger partial charge on any atom is -0.454 e. The Bertz CT molecular complexity index is 767. The first kappa shape index (κ1) is 14.8. The van der Waals surface area contributed by atoms with Crippen LogP contribution in [0.4, 0.5) is 0 Å². The monoisotopic (exact) mass is 308 g/mol. The number of carbonyl (C=O) groups excluding carboxylic acids is 1. The lowest BCUT2D eigenvalue weighted by Crippen LogP contribution is -2.18. The minimum absolute atomic E-state index is 0.235. The molecule has 0 bridgehead atoms. The zero-order chi connectivity index (χ0) is 16.1. The van der Waals surface area contributed by atoms with Crippen LogP contribution in [0.25, 0.3) is 6.08 Å². The second-order valence-electron chi connectivity index (χ2n) is 5.01. The summed E-state index contributed by atoms with van der Waals surface area (Å²) in [5.41, 5.74) is 4.76. The van der Waals surface area contributed by atoms with Crippen LogP contribution in [0.2, 0.25) is 0 Å². The van der Waals surface area contributed by atoms with Gasteiger partial charge in [0.2, 0.25) is 6.79 Å². The van der Waals surface area contributed by atoms with Crippen molar-refractivity contribution in [2.45, 2.75) is 6.92 Å². The van der Waals surface area contributed by atoms with Crippen LogP contribution in [0, 0.1) is 0 Å². The van der Waals surface area contributed by atoms with Gasteiger partial charge in [-0.2, -0.15) is 5.10 Å². The van der Waals surface area contributed by atoms with E-state index in [2.05, 4.69) is 10.5 Å². The molecule has 0 fully saturated rings. The SMILES string of the molecule is CC(C=Cc1ccc2c(c1)OCO2)=NNC(=O)c1ccccc1. The average molecular weight is 308 g/mol. The van der Waals surface area contributed by atoms with E-state index >= 15 is 0 Å². The van der Waals surface area contributed by atoms with Gasteiger partial charge in [-0.05, 0) is 42.8 Å². The van der Waals surface area contributed by atoms with Gasteiger partial charge in [0.25, 0.3) is 5.91 Å². The number of hydrazone groups is 1. The number of carbonyl (C=O) groups is 1. The summed E-state index contributed by atoms with van der Waals surface area (Å²) in [5, 5.41) is 4.06. The van der Waals surface area contributed by atoms with Crippen LogP contribution in [0.3, 0.4) is 0 Å². The van der Waals surface area contributed by atoms with E-state index in [1.165, 1.54) is 0 Å². The molecule has 0 atom stereocenters. The molecule has 116 valence electrons. The van der Waals surface area contributed by atoms with Crippen LogP contribution in [-0.2, 0) is 0 Å². The van der Waals surface area contributed by atoms with Crippen LogP contribution in [-0.4, -0.2) is 18.4 Å². The molecule has 1 amide bonds. The van der Waals surface area contributed by atoms with E-state index in [1.54, 1.807) is 12.1 Å². The molecule has 0 saturated carbocycles. The van der Waals surface area contributed by atoms with Gasteiger partial charge in [-0.3, -0.25) is 4.79 Å². The lowest BCUT2D eigenvalue weighted by molar-refractivity contribution is 0.0955. The number of allylic oxidation sites excluding steroid dienone is 1. The van der Waals surface area contributed by atoms with E-state index in [9.17, 15) is 4.79 Å². The van der Waals surface area contributed by atoms with Gasteiger partial charge >= 0.3 is 0 Å². The molecule has 0 spiro atoms. The largest absolute Gasteiger partial charge is 0.454 e. The van der Waals surface area contributed by atoms with Gasteiger partial charge in [0, 0.05) is 5.56 Å². The summed E-state index contributed by atoms with van der Waals surface area (Å²) in [6.45, 7) is 2.07. The predicted molar refractivity (Wildman–Crippen MR) is 88.6 cm³/mol. The van der Waals surface area contributed by atoms with E-state index in [0.29, 0.717) is 11.3 Å². The molecule has 2 aromatic carbocycles. The highest BCUT2D eigenvalue weighted by Gasteiger charge is 2.12. The summed E-state index contributed by atoms with van der Waals surface area (Å²) < 4.78 is 10.6. The van der Waals surface area contributed by atoms with Crippen molar-refractivity contribution in [2.24, 2.45) is 5.10 Å². The number of rotatable bonds is 4. The highest BCUT2D eigenvalue weighted by atomic mass is 16.7. The molecular formula is C18H16N2O3. The Kier molecular flexibility index (Phi) is 4.38. The summed E-state index contributed by atoms with van der Waals surface area (Å²) in [6.07, 6.45) is 3.72. The molecule has 1 aliphatic rings. The molecule has 1 N–H and O–H groups in total. The maximum Gasteiger partial charge on any atom is 0.271 e. The number of nitrogens with zero attached hydrogens (tertiary/aromatic N) is 1. The van der Waals surface area contributed by atoms with Crippen LogP contribution in [0.1, 0.15) is 22.8 Å². The minimum atomic E-state index is -0.235. The van der Waals surface area contributed by atoms with Crippen LogP contribution < -0.4 is 14.9 Å². The third-order valence-electron chi connectivity index (χ3n) is 3.28. The molecule has 5 nitrogen and oxygen atoms in total. The number of nitrogens with one attached hydrogen (secondary N) is 1. The first-order valence-electron chi connectivity index (χ1n) is 7.20. The third-order valence-corrected chi connectivity index (χ3v) is 3.28. The fraction of sp³-hybridized carbons (Fsp3) is 0.111. The van der Waals surface area contributed by atoms with Crippen molar-refractivity contribution in [3.05, 3.63) is 65.7 Å². The molecule has 0 saturated heterocycles. The molecule has 0 aliphatic carbocycles. The van der Waals surface area contributed by atoms with E-state index in [1.807, 2.05) is 55.5 Å². The van der Waals surface area contributed by atoms with Crippen molar-refractivity contribution < 1.29 is 14.3 Å². The Balaban J connectivity index is 1.62. The summed E-state index contributed by atoms with van der Waals surface area (Å²) in [7, 11) is 0.